The summed E-state index contributed by atoms with van der Waals surface area (Å²) in [5.74, 6) is 0.421. The average molecular weight is 233 g/mol. The third-order valence-electron chi connectivity index (χ3n) is 1.17. The summed E-state index contributed by atoms with van der Waals surface area (Å²) in [6.07, 6.45) is 0. The summed E-state index contributed by atoms with van der Waals surface area (Å²) in [5, 5.41) is 8.69. The molecule has 0 saturated carbocycles. The Bertz CT molecular complexity index is 80.2. The fourth-order valence-electron chi connectivity index (χ4n) is 0.993. The largest absolute Gasteiger partial charge is 0.396 e. The molecule has 0 aromatic carbocycles. The summed E-state index contributed by atoms with van der Waals surface area (Å²) < 4.78 is 0.932. The molecule has 64 valence electrons. The van der Waals surface area contributed by atoms with E-state index in [-0.39, 0.29) is 19.5 Å². The van der Waals surface area contributed by atoms with Crippen LogP contribution in [-0.2, 0) is 19.5 Å². The molecule has 1 unspecified atom stereocenters. The van der Waals surface area contributed by atoms with Gasteiger partial charge in [-0.05, 0) is 0 Å². The molecule has 10 heavy (non-hydrogen) atoms. The fraction of sp³-hybridized carbons (Fsp3) is 1.00. The van der Waals surface area contributed by atoms with Crippen LogP contribution in [0.2, 0.25) is 0 Å². The third kappa shape index (κ3) is 8.54. The van der Waals surface area contributed by atoms with Crippen molar-refractivity contribution in [1.82, 2.24) is 0 Å². The summed E-state index contributed by atoms with van der Waals surface area (Å²) in [6.45, 7) is 3.40. The number of aliphatic hydroxyl groups is 1. The van der Waals surface area contributed by atoms with Crippen molar-refractivity contribution in [2.24, 2.45) is 5.92 Å². The van der Waals surface area contributed by atoms with Crippen LogP contribution < -0.4 is 0 Å². The Labute approximate surface area is 76.6 Å². The number of aliphatic hydroxyl groups excluding tert-OH is 1. The van der Waals surface area contributed by atoms with Crippen molar-refractivity contribution in [3.05, 3.63) is 0 Å². The van der Waals surface area contributed by atoms with Gasteiger partial charge in [0.25, 0.3) is 0 Å². The number of nitrogens with zero attached hydrogens (tertiary/aromatic N) is 1. The summed E-state index contributed by atoms with van der Waals surface area (Å²) >= 11 is 0. The molecule has 0 aromatic heterocycles. The molecule has 0 fully saturated rings. The second-order valence-corrected chi connectivity index (χ2v) is 3.76. The molecule has 1 atom stereocenters. The van der Waals surface area contributed by atoms with Crippen molar-refractivity contribution >= 4 is 0 Å². The van der Waals surface area contributed by atoms with Crippen molar-refractivity contribution in [3.63, 3.8) is 0 Å². The maximum absolute atomic E-state index is 8.69. The van der Waals surface area contributed by atoms with Crippen LogP contribution in [0.4, 0.5) is 0 Å². The van der Waals surface area contributed by atoms with Crippen LogP contribution in [0.3, 0.4) is 0 Å². The van der Waals surface area contributed by atoms with Gasteiger partial charge in [-0.25, -0.2) is 0 Å². The number of rotatable bonds is 3. The molecular formula is C7H18NORu+. The Balaban J connectivity index is 0. The summed E-state index contributed by atoms with van der Waals surface area (Å²) in [4.78, 5) is 0. The van der Waals surface area contributed by atoms with Crippen LogP contribution in [0.5, 0.6) is 0 Å². The van der Waals surface area contributed by atoms with Gasteiger partial charge in [0.05, 0.1) is 34.3 Å². The van der Waals surface area contributed by atoms with Crippen molar-refractivity contribution in [1.29, 1.82) is 0 Å². The van der Waals surface area contributed by atoms with Gasteiger partial charge in [-0.15, -0.1) is 0 Å². The third-order valence-corrected chi connectivity index (χ3v) is 1.17. The molecule has 1 N–H and O–H groups in total. The monoisotopic (exact) mass is 234 g/mol. The van der Waals surface area contributed by atoms with E-state index in [1.807, 2.05) is 0 Å². The topological polar surface area (TPSA) is 20.2 Å². The molecule has 0 rings (SSSR count). The Kier molecular flexibility index (Phi) is 6.88. The molecule has 2 nitrogen and oxygen atoms in total. The number of hydrogen-bond donors (Lipinski definition) is 1. The van der Waals surface area contributed by atoms with Crippen molar-refractivity contribution in [2.45, 2.75) is 6.92 Å². The Morgan fingerprint density at radius 1 is 1.30 bits per heavy atom. The Morgan fingerprint density at radius 2 is 1.70 bits per heavy atom. The average Bonchev–Trinajstić information content (AvgIpc) is 1.62. The minimum atomic E-state index is 0. The predicted molar refractivity (Wildman–Crippen MR) is 39.1 cm³/mol. The molecule has 0 aliphatic rings. The fourth-order valence-corrected chi connectivity index (χ4v) is 0.993. The van der Waals surface area contributed by atoms with Gasteiger partial charge >= 0.3 is 0 Å². The molecule has 0 heterocycles. The van der Waals surface area contributed by atoms with Crippen LogP contribution >= 0.6 is 0 Å². The minimum Gasteiger partial charge on any atom is -0.396 e. The van der Waals surface area contributed by atoms with Crippen LogP contribution in [0, 0.1) is 5.92 Å². The van der Waals surface area contributed by atoms with Gasteiger partial charge in [0, 0.05) is 25.4 Å². The van der Waals surface area contributed by atoms with E-state index < -0.39 is 0 Å². The number of hydrogen-bond acceptors (Lipinski definition) is 1. The van der Waals surface area contributed by atoms with Gasteiger partial charge in [0.2, 0.25) is 0 Å². The number of quaternary nitrogens is 1. The normalized spacial score (nSPS) is 14.1. The molecule has 0 saturated heterocycles. The van der Waals surface area contributed by atoms with Crippen LogP contribution in [0.1, 0.15) is 6.92 Å². The van der Waals surface area contributed by atoms with E-state index in [1.54, 1.807) is 0 Å². The summed E-state index contributed by atoms with van der Waals surface area (Å²) in [6, 6.07) is 0. The maximum atomic E-state index is 8.69. The molecule has 0 radical (unpaired) electrons. The first kappa shape index (κ1) is 13.2. The molecular weight excluding hydrogens is 215 g/mol. The van der Waals surface area contributed by atoms with Gasteiger partial charge < -0.3 is 9.59 Å². The maximum Gasteiger partial charge on any atom is 0.0828 e. The van der Waals surface area contributed by atoms with Crippen molar-refractivity contribution in [2.75, 3.05) is 34.3 Å². The molecule has 0 amide bonds. The van der Waals surface area contributed by atoms with E-state index in [0.29, 0.717) is 12.5 Å². The first-order valence-electron chi connectivity index (χ1n) is 3.37. The van der Waals surface area contributed by atoms with Gasteiger partial charge in [0.15, 0.2) is 0 Å². The quantitative estimate of drug-likeness (QED) is 0.550. The predicted octanol–water partition coefficient (Wildman–Crippen LogP) is 0.319. The smallest absolute Gasteiger partial charge is 0.0828 e. The van der Waals surface area contributed by atoms with E-state index in [0.717, 1.165) is 11.0 Å². The Hall–Kier alpha value is 0.543. The van der Waals surface area contributed by atoms with Gasteiger partial charge in [-0.1, -0.05) is 6.92 Å². The zero-order valence-corrected chi connectivity index (χ0v) is 8.98. The van der Waals surface area contributed by atoms with Crippen molar-refractivity contribution in [3.8, 4) is 0 Å². The Morgan fingerprint density at radius 3 is 1.80 bits per heavy atom. The van der Waals surface area contributed by atoms with Crippen molar-refractivity contribution < 1.29 is 29.1 Å². The summed E-state index contributed by atoms with van der Waals surface area (Å²) in [7, 11) is 6.39. The molecule has 0 spiro atoms. The van der Waals surface area contributed by atoms with Gasteiger partial charge in [-0.3, -0.25) is 0 Å². The first-order valence-corrected chi connectivity index (χ1v) is 3.37. The van der Waals surface area contributed by atoms with Crippen LogP contribution in [0.25, 0.3) is 0 Å². The molecule has 0 bridgehead atoms. The molecule has 0 aliphatic carbocycles. The molecule has 0 aromatic rings. The second kappa shape index (κ2) is 5.23. The minimum absolute atomic E-state index is 0. The van der Waals surface area contributed by atoms with E-state index in [4.69, 9.17) is 5.11 Å². The van der Waals surface area contributed by atoms with E-state index in [2.05, 4.69) is 28.1 Å². The second-order valence-electron chi connectivity index (χ2n) is 3.76. The molecule has 0 aliphatic heterocycles. The molecule has 3 heteroatoms. The summed E-state index contributed by atoms with van der Waals surface area (Å²) in [5.41, 5.74) is 0. The van der Waals surface area contributed by atoms with Crippen LogP contribution in [0.15, 0.2) is 0 Å². The first-order chi connectivity index (χ1) is 3.95. The van der Waals surface area contributed by atoms with Gasteiger partial charge in [-0.2, -0.15) is 0 Å². The van der Waals surface area contributed by atoms with E-state index in [1.165, 1.54) is 0 Å². The SMILES string of the molecule is CC(CO)C[N+](C)(C)C.[Ru]. The van der Waals surface area contributed by atoms with E-state index in [9.17, 15) is 0 Å². The standard InChI is InChI=1S/C7H18NO.Ru/c1-7(6-9)5-8(2,3)4;/h7,9H,5-6H2,1-4H3;/q+1;. The van der Waals surface area contributed by atoms with E-state index >= 15 is 0 Å². The van der Waals surface area contributed by atoms with Crippen LogP contribution in [-0.4, -0.2) is 43.9 Å². The van der Waals surface area contributed by atoms with Gasteiger partial charge in [0.1, 0.15) is 0 Å². The zero-order valence-electron chi connectivity index (χ0n) is 7.24. The zero-order chi connectivity index (χ0) is 7.49.